The highest BCUT2D eigenvalue weighted by Gasteiger charge is 2.24. The highest BCUT2D eigenvalue weighted by atomic mass is 15.1. The smallest absolute Gasteiger partial charge is 0.145 e. The lowest BCUT2D eigenvalue weighted by Gasteiger charge is -2.23. The van der Waals surface area contributed by atoms with Crippen molar-refractivity contribution in [3.05, 3.63) is 243 Å². The standard InChI is InChI=1S/C63H40N2/c1-3-19-41(20-4-1)55-39-44-21-7-8-22-45(44)40-56(55)60-49-27-11-15-31-53(49)62(54-32-16-12-28-50(54)60)61-51-29-13-9-25-47(51)59(48-26-10-14-30-52(48)61)42-35-37-43(38-36-42)63-64-57-33-17-18-34-58(57)65(63)46-23-5-2-6-24-46/h1-40H. The fraction of sp³-hybridized carbons (Fsp3) is 0. The van der Waals surface area contributed by atoms with Crippen LogP contribution >= 0.6 is 0 Å². The van der Waals surface area contributed by atoms with Crippen molar-refractivity contribution >= 4 is 64.9 Å². The third-order valence-corrected chi connectivity index (χ3v) is 13.4. The van der Waals surface area contributed by atoms with E-state index >= 15 is 0 Å². The Kier molecular flexibility index (Phi) is 8.57. The van der Waals surface area contributed by atoms with Crippen LogP contribution in [0.2, 0.25) is 0 Å². The predicted octanol–water partition coefficient (Wildman–Crippen LogP) is 17.1. The Bertz CT molecular complexity index is 3860. The Labute approximate surface area is 377 Å². The summed E-state index contributed by atoms with van der Waals surface area (Å²) in [6.45, 7) is 0. The summed E-state index contributed by atoms with van der Waals surface area (Å²) in [6.07, 6.45) is 0. The van der Waals surface area contributed by atoms with Gasteiger partial charge in [0.25, 0.3) is 0 Å². The number of hydrogen-bond acceptors (Lipinski definition) is 1. The molecule has 1 heterocycles. The van der Waals surface area contributed by atoms with Crippen molar-refractivity contribution in [2.45, 2.75) is 0 Å². The molecule has 0 spiro atoms. The lowest BCUT2D eigenvalue weighted by atomic mass is 9.80. The summed E-state index contributed by atoms with van der Waals surface area (Å²) in [5, 5.41) is 12.3. The van der Waals surface area contributed by atoms with E-state index in [1.807, 2.05) is 0 Å². The quantitative estimate of drug-likeness (QED) is 0.153. The van der Waals surface area contributed by atoms with Crippen LogP contribution in [0, 0.1) is 0 Å². The first-order valence-corrected chi connectivity index (χ1v) is 22.4. The zero-order valence-corrected chi connectivity index (χ0v) is 35.5. The normalized spacial score (nSPS) is 11.7. The maximum absolute atomic E-state index is 5.18. The summed E-state index contributed by atoms with van der Waals surface area (Å²) in [5.41, 5.74) is 14.1. The number of hydrogen-bond donors (Lipinski definition) is 0. The van der Waals surface area contributed by atoms with Crippen LogP contribution < -0.4 is 0 Å². The molecule has 65 heavy (non-hydrogen) atoms. The van der Waals surface area contributed by atoms with E-state index in [9.17, 15) is 0 Å². The number of fused-ring (bicyclic) bond motifs is 6. The van der Waals surface area contributed by atoms with E-state index in [1.54, 1.807) is 0 Å². The lowest BCUT2D eigenvalue weighted by Crippen LogP contribution is -1.97. The van der Waals surface area contributed by atoms with E-state index in [1.165, 1.54) is 98.4 Å². The van der Waals surface area contributed by atoms with Gasteiger partial charge in [-0.3, -0.25) is 4.57 Å². The predicted molar refractivity (Wildman–Crippen MR) is 276 cm³/mol. The van der Waals surface area contributed by atoms with Gasteiger partial charge in [0.05, 0.1) is 11.0 Å². The number of imidazole rings is 1. The molecule has 2 heteroatoms. The monoisotopic (exact) mass is 824 g/mol. The topological polar surface area (TPSA) is 17.8 Å². The Morgan fingerprint density at radius 3 is 1.22 bits per heavy atom. The van der Waals surface area contributed by atoms with Crippen LogP contribution in [0.15, 0.2) is 243 Å². The number of aromatic nitrogens is 2. The molecule has 0 amide bonds. The second-order valence-electron chi connectivity index (χ2n) is 17.0. The van der Waals surface area contributed by atoms with Crippen LogP contribution in [0.25, 0.3) is 126 Å². The van der Waals surface area contributed by atoms with Gasteiger partial charge in [-0.05, 0) is 135 Å². The highest BCUT2D eigenvalue weighted by molar-refractivity contribution is 6.30. The molecule has 0 aliphatic rings. The van der Waals surface area contributed by atoms with E-state index in [4.69, 9.17) is 4.98 Å². The molecule has 1 aromatic heterocycles. The van der Waals surface area contributed by atoms with Gasteiger partial charge in [-0.2, -0.15) is 0 Å². The first kappa shape index (κ1) is 37.0. The van der Waals surface area contributed by atoms with Gasteiger partial charge in [0.1, 0.15) is 5.82 Å². The second kappa shape index (κ2) is 15.0. The molecular weight excluding hydrogens is 785 g/mol. The molecule has 0 saturated heterocycles. The molecule has 13 rings (SSSR count). The third kappa shape index (κ3) is 5.92. The summed E-state index contributed by atoms with van der Waals surface area (Å²) in [4.78, 5) is 5.18. The second-order valence-corrected chi connectivity index (χ2v) is 17.0. The summed E-state index contributed by atoms with van der Waals surface area (Å²) in [7, 11) is 0. The number of rotatable bonds is 6. The Balaban J connectivity index is 1.06. The first-order valence-electron chi connectivity index (χ1n) is 22.4. The van der Waals surface area contributed by atoms with Crippen molar-refractivity contribution < 1.29 is 0 Å². The van der Waals surface area contributed by atoms with Gasteiger partial charge in [0.15, 0.2) is 0 Å². The SMILES string of the molecule is c1ccc(-c2cc3ccccc3cc2-c2c3ccccc3c(-c3c4ccccc4c(-c4ccc(-c5nc6ccccc6n5-c5ccccc5)cc4)c4ccccc34)c3ccccc23)cc1. The minimum Gasteiger partial charge on any atom is -0.292 e. The van der Waals surface area contributed by atoms with Gasteiger partial charge < -0.3 is 0 Å². The average molecular weight is 825 g/mol. The van der Waals surface area contributed by atoms with Crippen molar-refractivity contribution in [1.29, 1.82) is 0 Å². The largest absolute Gasteiger partial charge is 0.292 e. The average Bonchev–Trinajstić information content (AvgIpc) is 3.77. The number of benzene rings is 12. The fourth-order valence-electron chi connectivity index (χ4n) is 10.5. The Morgan fingerprint density at radius 2 is 0.677 bits per heavy atom. The summed E-state index contributed by atoms with van der Waals surface area (Å²) in [5.74, 6) is 0.927. The van der Waals surface area contributed by atoms with Crippen LogP contribution in [0.5, 0.6) is 0 Å². The fourth-order valence-corrected chi connectivity index (χ4v) is 10.5. The van der Waals surface area contributed by atoms with E-state index < -0.39 is 0 Å². The maximum Gasteiger partial charge on any atom is 0.145 e. The molecule has 0 radical (unpaired) electrons. The van der Waals surface area contributed by atoms with Crippen LogP contribution in [0.3, 0.4) is 0 Å². The molecule has 0 aliphatic heterocycles. The first-order chi connectivity index (χ1) is 32.3. The van der Waals surface area contributed by atoms with Gasteiger partial charge in [0.2, 0.25) is 0 Å². The lowest BCUT2D eigenvalue weighted by molar-refractivity contribution is 1.10. The van der Waals surface area contributed by atoms with Crippen LogP contribution in [-0.2, 0) is 0 Å². The molecule has 0 N–H and O–H groups in total. The minimum absolute atomic E-state index is 0.927. The van der Waals surface area contributed by atoms with Crippen molar-refractivity contribution in [2.24, 2.45) is 0 Å². The molecule has 0 aliphatic carbocycles. The van der Waals surface area contributed by atoms with Crippen molar-refractivity contribution in [1.82, 2.24) is 9.55 Å². The maximum atomic E-state index is 5.18. The molecule has 0 bridgehead atoms. The van der Waals surface area contributed by atoms with E-state index in [2.05, 4.69) is 247 Å². The van der Waals surface area contributed by atoms with Crippen molar-refractivity contribution in [2.75, 3.05) is 0 Å². The summed E-state index contributed by atoms with van der Waals surface area (Å²) in [6, 6.07) is 88.5. The summed E-state index contributed by atoms with van der Waals surface area (Å²) >= 11 is 0. The van der Waals surface area contributed by atoms with Crippen LogP contribution in [-0.4, -0.2) is 9.55 Å². The van der Waals surface area contributed by atoms with Gasteiger partial charge in [-0.15, -0.1) is 0 Å². The van der Waals surface area contributed by atoms with E-state index in [0.29, 0.717) is 0 Å². The number of nitrogens with zero attached hydrogens (tertiary/aromatic N) is 2. The Morgan fingerprint density at radius 1 is 0.277 bits per heavy atom. The molecule has 0 atom stereocenters. The molecular formula is C63H40N2. The van der Waals surface area contributed by atoms with Crippen LogP contribution in [0.1, 0.15) is 0 Å². The molecule has 0 unspecified atom stereocenters. The third-order valence-electron chi connectivity index (χ3n) is 13.4. The zero-order chi connectivity index (χ0) is 42.8. The summed E-state index contributed by atoms with van der Waals surface area (Å²) < 4.78 is 2.27. The Hall–Kier alpha value is -8.59. The number of para-hydroxylation sites is 3. The molecule has 12 aromatic carbocycles. The molecule has 13 aromatic rings. The molecule has 302 valence electrons. The minimum atomic E-state index is 0.927. The zero-order valence-electron chi connectivity index (χ0n) is 35.5. The van der Waals surface area contributed by atoms with Crippen molar-refractivity contribution in [3.8, 4) is 61.6 Å². The highest BCUT2D eigenvalue weighted by Crippen LogP contribution is 2.51. The molecule has 0 saturated carbocycles. The van der Waals surface area contributed by atoms with Crippen molar-refractivity contribution in [3.63, 3.8) is 0 Å². The van der Waals surface area contributed by atoms with Gasteiger partial charge >= 0.3 is 0 Å². The van der Waals surface area contributed by atoms with Gasteiger partial charge in [-0.1, -0.05) is 206 Å². The van der Waals surface area contributed by atoms with Gasteiger partial charge in [0, 0.05) is 11.3 Å². The molecule has 2 nitrogen and oxygen atoms in total. The van der Waals surface area contributed by atoms with E-state index in [0.717, 1.165) is 28.1 Å². The van der Waals surface area contributed by atoms with E-state index in [-0.39, 0.29) is 0 Å². The van der Waals surface area contributed by atoms with Gasteiger partial charge in [-0.25, -0.2) is 4.98 Å². The van der Waals surface area contributed by atoms with Crippen LogP contribution in [0.4, 0.5) is 0 Å². The molecule has 0 fully saturated rings.